The molecule has 2 aromatic rings. The van der Waals surface area contributed by atoms with Crippen LogP contribution in [0, 0.1) is 0 Å². The van der Waals surface area contributed by atoms with Crippen LogP contribution in [0.4, 0.5) is 0 Å². The van der Waals surface area contributed by atoms with Gasteiger partial charge < -0.3 is 0 Å². The van der Waals surface area contributed by atoms with Crippen molar-refractivity contribution in [3.05, 3.63) is 35.6 Å². The van der Waals surface area contributed by atoms with Crippen LogP contribution in [0.5, 0.6) is 0 Å². The van der Waals surface area contributed by atoms with Crippen LogP contribution in [0.3, 0.4) is 0 Å². The number of hydrogen-bond acceptors (Lipinski definition) is 4. The van der Waals surface area contributed by atoms with Crippen molar-refractivity contribution in [1.29, 1.82) is 0 Å². The Bertz CT molecular complexity index is 384. The molecule has 0 bridgehead atoms. The third-order valence-electron chi connectivity index (χ3n) is 1.62. The van der Waals surface area contributed by atoms with Crippen molar-refractivity contribution >= 4 is 24.0 Å². The van der Waals surface area contributed by atoms with Crippen LogP contribution in [0.2, 0.25) is 0 Å². The predicted molar refractivity (Wildman–Crippen MR) is 58.0 cm³/mol. The Hall–Kier alpha value is -0.870. The molecule has 0 fully saturated rings. The molecule has 0 aliphatic carbocycles. The molecular weight excluding hydrogens is 200 g/mol. The van der Waals surface area contributed by atoms with Gasteiger partial charge in [0.1, 0.15) is 5.82 Å². The van der Waals surface area contributed by atoms with Crippen LogP contribution < -0.4 is 0 Å². The average Bonchev–Trinajstić information content (AvgIpc) is 2.71. The van der Waals surface area contributed by atoms with Crippen LogP contribution in [-0.4, -0.2) is 9.97 Å². The molecule has 0 unspecified atom stereocenters. The number of thiol groups is 1. The molecule has 0 amide bonds. The highest BCUT2D eigenvalue weighted by molar-refractivity contribution is 7.79. The first-order valence-corrected chi connectivity index (χ1v) is 5.38. The number of hydrogen-bond donors (Lipinski definition) is 1. The van der Waals surface area contributed by atoms with Gasteiger partial charge in [0.15, 0.2) is 0 Å². The molecule has 66 valence electrons. The molecule has 0 N–H and O–H groups in total. The Morgan fingerprint density at radius 3 is 3.00 bits per heavy atom. The normalized spacial score (nSPS) is 10.2. The maximum Gasteiger partial charge on any atom is 0.138 e. The van der Waals surface area contributed by atoms with Crippen LogP contribution in [-0.2, 0) is 5.75 Å². The minimum Gasteiger partial charge on any atom is -0.240 e. The zero-order valence-corrected chi connectivity index (χ0v) is 8.55. The van der Waals surface area contributed by atoms with E-state index in [9.17, 15) is 0 Å². The molecule has 0 radical (unpaired) electrons. The predicted octanol–water partition coefficient (Wildman–Crippen LogP) is 2.63. The standard InChI is InChI=1S/C9H8N2S2/c12-6-9-10-4-3-7(11-9)8-2-1-5-13-8/h1-5,12H,6H2. The van der Waals surface area contributed by atoms with Crippen molar-refractivity contribution in [3.8, 4) is 10.6 Å². The van der Waals surface area contributed by atoms with E-state index in [2.05, 4.69) is 28.7 Å². The maximum atomic E-state index is 4.36. The SMILES string of the molecule is SCc1nccc(-c2cccs2)n1. The minimum atomic E-state index is 0.583. The molecule has 2 nitrogen and oxygen atoms in total. The van der Waals surface area contributed by atoms with Gasteiger partial charge in [-0.1, -0.05) is 6.07 Å². The Morgan fingerprint density at radius 2 is 2.31 bits per heavy atom. The Labute approximate surface area is 86.1 Å². The highest BCUT2D eigenvalue weighted by atomic mass is 32.1. The van der Waals surface area contributed by atoms with Crippen LogP contribution in [0.25, 0.3) is 10.6 Å². The molecule has 2 rings (SSSR count). The largest absolute Gasteiger partial charge is 0.240 e. The summed E-state index contributed by atoms with van der Waals surface area (Å²) >= 11 is 5.81. The third kappa shape index (κ3) is 1.89. The van der Waals surface area contributed by atoms with Gasteiger partial charge in [-0.25, -0.2) is 9.97 Å². The fourth-order valence-corrected chi connectivity index (χ4v) is 1.88. The topological polar surface area (TPSA) is 25.8 Å². The van der Waals surface area contributed by atoms with Gasteiger partial charge >= 0.3 is 0 Å². The molecule has 0 aliphatic rings. The van der Waals surface area contributed by atoms with E-state index in [0.717, 1.165) is 11.5 Å². The summed E-state index contributed by atoms with van der Waals surface area (Å²) in [7, 11) is 0. The average molecular weight is 208 g/mol. The van der Waals surface area contributed by atoms with E-state index in [4.69, 9.17) is 0 Å². The van der Waals surface area contributed by atoms with Gasteiger partial charge in [-0.3, -0.25) is 0 Å². The van der Waals surface area contributed by atoms with E-state index in [0.29, 0.717) is 5.75 Å². The second-order valence-electron chi connectivity index (χ2n) is 2.49. The fourth-order valence-electron chi connectivity index (χ4n) is 1.04. The summed E-state index contributed by atoms with van der Waals surface area (Å²) in [5.41, 5.74) is 0.981. The van der Waals surface area contributed by atoms with Gasteiger partial charge in [0.05, 0.1) is 16.3 Å². The summed E-state index contributed by atoms with van der Waals surface area (Å²) in [5.74, 6) is 1.35. The molecule has 0 saturated carbocycles. The number of aromatic nitrogens is 2. The van der Waals surface area contributed by atoms with Crippen LogP contribution in [0.15, 0.2) is 29.8 Å². The summed E-state index contributed by atoms with van der Waals surface area (Å²) in [6, 6.07) is 5.98. The summed E-state index contributed by atoms with van der Waals surface area (Å²) in [4.78, 5) is 9.61. The Kier molecular flexibility index (Phi) is 2.61. The molecule has 13 heavy (non-hydrogen) atoms. The van der Waals surface area contributed by atoms with Crippen molar-refractivity contribution in [2.75, 3.05) is 0 Å². The molecule has 2 heterocycles. The van der Waals surface area contributed by atoms with Crippen molar-refractivity contribution < 1.29 is 0 Å². The van der Waals surface area contributed by atoms with Crippen LogP contribution >= 0.6 is 24.0 Å². The van der Waals surface area contributed by atoms with Crippen LogP contribution in [0.1, 0.15) is 5.82 Å². The van der Waals surface area contributed by atoms with Crippen molar-refractivity contribution in [2.24, 2.45) is 0 Å². The summed E-state index contributed by atoms with van der Waals surface area (Å²) in [6.45, 7) is 0. The van der Waals surface area contributed by atoms with E-state index in [-0.39, 0.29) is 0 Å². The van der Waals surface area contributed by atoms with E-state index < -0.39 is 0 Å². The first-order valence-electron chi connectivity index (χ1n) is 3.87. The first kappa shape index (κ1) is 8.72. The lowest BCUT2D eigenvalue weighted by Crippen LogP contribution is -1.91. The smallest absolute Gasteiger partial charge is 0.138 e. The zero-order chi connectivity index (χ0) is 9.10. The highest BCUT2D eigenvalue weighted by Crippen LogP contribution is 2.21. The number of rotatable bonds is 2. The monoisotopic (exact) mass is 208 g/mol. The van der Waals surface area contributed by atoms with Crippen molar-refractivity contribution in [3.63, 3.8) is 0 Å². The van der Waals surface area contributed by atoms with Gasteiger partial charge in [-0.05, 0) is 17.5 Å². The molecular formula is C9H8N2S2. The highest BCUT2D eigenvalue weighted by Gasteiger charge is 2.00. The fraction of sp³-hybridized carbons (Fsp3) is 0.111. The molecule has 4 heteroatoms. The molecule has 0 spiro atoms. The minimum absolute atomic E-state index is 0.583. The Balaban J connectivity index is 2.41. The molecule has 0 saturated heterocycles. The maximum absolute atomic E-state index is 4.36. The quantitative estimate of drug-likeness (QED) is 0.768. The van der Waals surface area contributed by atoms with Crippen molar-refractivity contribution in [1.82, 2.24) is 9.97 Å². The third-order valence-corrected chi connectivity index (χ3v) is 2.80. The molecule has 0 atom stereocenters. The summed E-state index contributed by atoms with van der Waals surface area (Å²) in [5, 5.41) is 2.04. The second kappa shape index (κ2) is 3.89. The lowest BCUT2D eigenvalue weighted by molar-refractivity contribution is 1.04. The lowest BCUT2D eigenvalue weighted by Gasteiger charge is -1.97. The summed E-state index contributed by atoms with van der Waals surface area (Å²) in [6.07, 6.45) is 1.77. The van der Waals surface area contributed by atoms with Crippen molar-refractivity contribution in [2.45, 2.75) is 5.75 Å². The van der Waals surface area contributed by atoms with Gasteiger partial charge in [0, 0.05) is 6.20 Å². The molecule has 0 aromatic carbocycles. The Morgan fingerprint density at radius 1 is 1.38 bits per heavy atom. The molecule has 0 aliphatic heterocycles. The zero-order valence-electron chi connectivity index (χ0n) is 6.84. The summed E-state index contributed by atoms with van der Waals surface area (Å²) < 4.78 is 0. The molecule has 2 aromatic heterocycles. The first-order chi connectivity index (χ1) is 6.40. The van der Waals surface area contributed by atoms with Gasteiger partial charge in [-0.15, -0.1) is 11.3 Å². The van der Waals surface area contributed by atoms with E-state index in [1.54, 1.807) is 17.5 Å². The van der Waals surface area contributed by atoms with Gasteiger partial charge in [0.2, 0.25) is 0 Å². The second-order valence-corrected chi connectivity index (χ2v) is 3.76. The van der Waals surface area contributed by atoms with E-state index >= 15 is 0 Å². The lowest BCUT2D eigenvalue weighted by atomic mass is 10.3. The number of thiophene rings is 1. The van der Waals surface area contributed by atoms with Gasteiger partial charge in [-0.2, -0.15) is 12.6 Å². The van der Waals surface area contributed by atoms with E-state index in [1.807, 2.05) is 17.5 Å². The van der Waals surface area contributed by atoms with Gasteiger partial charge in [0.25, 0.3) is 0 Å². The van der Waals surface area contributed by atoms with E-state index in [1.165, 1.54) is 4.88 Å². The number of nitrogens with zero attached hydrogens (tertiary/aromatic N) is 2.